The van der Waals surface area contributed by atoms with Crippen LogP contribution in [0.2, 0.25) is 0 Å². The fourth-order valence-electron chi connectivity index (χ4n) is 10.8. The Balaban J connectivity index is 1.28. The molecule has 0 amide bonds. The molecular formula is C50H37BO2S. The zero-order valence-electron chi connectivity index (χ0n) is 30.7. The summed E-state index contributed by atoms with van der Waals surface area (Å²) >= 11 is 1.89. The highest BCUT2D eigenvalue weighted by Crippen LogP contribution is 2.67. The third-order valence-electron chi connectivity index (χ3n) is 13.6. The average molecular weight is 713 g/mol. The van der Waals surface area contributed by atoms with E-state index in [-0.39, 0.29) is 0 Å². The first-order valence-electron chi connectivity index (χ1n) is 19.1. The van der Waals surface area contributed by atoms with E-state index in [0.29, 0.717) is 0 Å². The number of hydrogen-bond acceptors (Lipinski definition) is 3. The number of benzene rings is 7. The van der Waals surface area contributed by atoms with Crippen molar-refractivity contribution in [2.75, 3.05) is 0 Å². The molecule has 258 valence electrons. The molecule has 4 aliphatic rings. The van der Waals surface area contributed by atoms with Gasteiger partial charge in [-0.25, -0.2) is 0 Å². The fourth-order valence-corrected chi connectivity index (χ4v) is 11.9. The van der Waals surface area contributed by atoms with E-state index in [1.54, 1.807) is 0 Å². The summed E-state index contributed by atoms with van der Waals surface area (Å²) in [5.74, 6) is 0. The Morgan fingerprint density at radius 3 is 1.52 bits per heavy atom. The highest BCUT2D eigenvalue weighted by Gasteiger charge is 2.61. The van der Waals surface area contributed by atoms with Crippen molar-refractivity contribution in [3.05, 3.63) is 196 Å². The summed E-state index contributed by atoms with van der Waals surface area (Å²) in [6, 6.07) is 57.6. The van der Waals surface area contributed by atoms with Crippen LogP contribution in [-0.4, -0.2) is 18.3 Å². The second-order valence-corrected chi connectivity index (χ2v) is 17.6. The Morgan fingerprint density at radius 1 is 0.407 bits per heavy atom. The summed E-state index contributed by atoms with van der Waals surface area (Å²) in [6.07, 6.45) is 0. The Morgan fingerprint density at radius 2 is 0.907 bits per heavy atom. The second kappa shape index (κ2) is 10.3. The molecular weight excluding hydrogens is 675 g/mol. The van der Waals surface area contributed by atoms with E-state index in [1.165, 1.54) is 86.9 Å². The highest BCUT2D eigenvalue weighted by atomic mass is 32.1. The summed E-state index contributed by atoms with van der Waals surface area (Å²) in [4.78, 5) is 0. The van der Waals surface area contributed by atoms with Gasteiger partial charge in [-0.15, -0.1) is 11.3 Å². The van der Waals surface area contributed by atoms with Crippen LogP contribution in [0.1, 0.15) is 72.2 Å². The molecule has 0 atom stereocenters. The molecule has 0 bridgehead atoms. The molecule has 2 heterocycles. The van der Waals surface area contributed by atoms with Crippen LogP contribution in [0.4, 0.5) is 0 Å². The Labute approximate surface area is 320 Å². The van der Waals surface area contributed by atoms with Gasteiger partial charge in [0.15, 0.2) is 0 Å². The molecule has 4 heteroatoms. The van der Waals surface area contributed by atoms with E-state index in [9.17, 15) is 0 Å². The van der Waals surface area contributed by atoms with Gasteiger partial charge in [0.05, 0.1) is 22.0 Å². The number of thiophene rings is 1. The van der Waals surface area contributed by atoms with Gasteiger partial charge in [-0.2, -0.15) is 0 Å². The topological polar surface area (TPSA) is 18.5 Å². The van der Waals surface area contributed by atoms with Crippen molar-refractivity contribution in [1.29, 1.82) is 0 Å². The molecule has 0 radical (unpaired) electrons. The Hall–Kier alpha value is -5.26. The monoisotopic (exact) mass is 712 g/mol. The van der Waals surface area contributed by atoms with E-state index in [0.717, 1.165) is 5.46 Å². The molecule has 1 saturated heterocycles. The van der Waals surface area contributed by atoms with E-state index in [1.807, 2.05) is 11.3 Å². The first-order valence-corrected chi connectivity index (χ1v) is 19.9. The molecule has 3 aliphatic carbocycles. The third-order valence-corrected chi connectivity index (χ3v) is 14.7. The third kappa shape index (κ3) is 3.52. The lowest BCUT2D eigenvalue weighted by molar-refractivity contribution is 0.00578. The molecule has 0 saturated carbocycles. The maximum Gasteiger partial charge on any atom is 0.495 e. The molecule has 2 spiro atoms. The smallest absolute Gasteiger partial charge is 0.399 e. The summed E-state index contributed by atoms with van der Waals surface area (Å²) in [7, 11) is -0.527. The quantitative estimate of drug-likeness (QED) is 0.158. The van der Waals surface area contributed by atoms with Gasteiger partial charge in [0.2, 0.25) is 0 Å². The van der Waals surface area contributed by atoms with Crippen LogP contribution >= 0.6 is 11.3 Å². The van der Waals surface area contributed by atoms with Crippen molar-refractivity contribution < 1.29 is 9.31 Å². The summed E-state index contributed by atoms with van der Waals surface area (Å²) < 4.78 is 16.6. The zero-order valence-corrected chi connectivity index (χ0v) is 31.6. The van der Waals surface area contributed by atoms with E-state index in [4.69, 9.17) is 9.31 Å². The van der Waals surface area contributed by atoms with Gasteiger partial charge in [-0.1, -0.05) is 133 Å². The highest BCUT2D eigenvalue weighted by molar-refractivity contribution is 7.25. The van der Waals surface area contributed by atoms with Crippen LogP contribution in [0.5, 0.6) is 0 Å². The van der Waals surface area contributed by atoms with Crippen molar-refractivity contribution in [2.45, 2.75) is 49.7 Å². The molecule has 1 aromatic heterocycles. The summed E-state index contributed by atoms with van der Waals surface area (Å²) in [5, 5.41) is 2.62. The van der Waals surface area contributed by atoms with Crippen LogP contribution in [0.3, 0.4) is 0 Å². The van der Waals surface area contributed by atoms with Crippen LogP contribution in [-0.2, 0) is 20.1 Å². The predicted octanol–water partition coefficient (Wildman–Crippen LogP) is 11.4. The number of hydrogen-bond donors (Lipinski definition) is 0. The van der Waals surface area contributed by atoms with E-state index >= 15 is 0 Å². The van der Waals surface area contributed by atoms with Crippen molar-refractivity contribution in [3.8, 4) is 22.3 Å². The largest absolute Gasteiger partial charge is 0.495 e. The van der Waals surface area contributed by atoms with Crippen LogP contribution in [0.15, 0.2) is 152 Å². The summed E-state index contributed by atoms with van der Waals surface area (Å²) in [5.41, 5.74) is 14.7. The molecule has 2 nitrogen and oxygen atoms in total. The normalized spacial score (nSPS) is 18.4. The standard InChI is InChI=1S/C50H37BO2S/c1-47(2)48(3,4)53-51(52-47)43-26-15-19-33-34-29-45-35(32-18-7-14-27-44(32)54-45)28-42(34)50(46(33)43)40-24-12-10-22-38(40)49(39-23-11-13-25-41(39)50)36-20-8-5-16-30(36)31-17-6-9-21-37(31)49/h5-29H,1-4H3. The van der Waals surface area contributed by atoms with Crippen molar-refractivity contribution in [1.82, 2.24) is 0 Å². The zero-order chi connectivity index (χ0) is 36.2. The SMILES string of the molecule is CC1(C)OB(c2cccc3c2C2(c4cc5c(cc4-3)sc3ccccc35)c3ccccc3C3(c4ccccc4-c4ccccc43)c3ccccc32)OC1(C)C. The van der Waals surface area contributed by atoms with Gasteiger partial charge in [-0.3, -0.25) is 0 Å². The lowest BCUT2D eigenvalue weighted by atomic mass is 9.51. The fraction of sp³-hybridized carbons (Fsp3) is 0.160. The van der Waals surface area contributed by atoms with Crippen molar-refractivity contribution in [3.63, 3.8) is 0 Å². The van der Waals surface area contributed by atoms with Gasteiger partial charge in [0.25, 0.3) is 0 Å². The van der Waals surface area contributed by atoms with Crippen LogP contribution in [0.25, 0.3) is 42.4 Å². The molecule has 54 heavy (non-hydrogen) atoms. The minimum atomic E-state index is -0.646. The lowest BCUT2D eigenvalue weighted by Crippen LogP contribution is -2.48. The maximum atomic E-state index is 6.97. The molecule has 0 N–H and O–H groups in total. The van der Waals surface area contributed by atoms with Gasteiger partial charge < -0.3 is 9.31 Å². The Bertz CT molecular complexity index is 2820. The lowest BCUT2D eigenvalue weighted by Gasteiger charge is -2.49. The van der Waals surface area contributed by atoms with Gasteiger partial charge in [0, 0.05) is 20.2 Å². The molecule has 7 aromatic carbocycles. The molecule has 1 fully saturated rings. The molecule has 0 unspecified atom stereocenters. The van der Waals surface area contributed by atoms with Gasteiger partial charge >= 0.3 is 7.12 Å². The Kier molecular flexibility index (Phi) is 5.93. The van der Waals surface area contributed by atoms with Gasteiger partial charge in [0.1, 0.15) is 0 Å². The molecule has 8 aromatic rings. The minimum Gasteiger partial charge on any atom is -0.399 e. The van der Waals surface area contributed by atoms with Crippen LogP contribution in [0, 0.1) is 0 Å². The minimum absolute atomic E-state index is 0.482. The van der Waals surface area contributed by atoms with E-state index < -0.39 is 29.2 Å². The molecule has 12 rings (SSSR count). The second-order valence-electron chi connectivity index (χ2n) is 16.5. The predicted molar refractivity (Wildman–Crippen MR) is 223 cm³/mol. The van der Waals surface area contributed by atoms with E-state index in [2.05, 4.69) is 179 Å². The van der Waals surface area contributed by atoms with Crippen LogP contribution < -0.4 is 5.46 Å². The number of rotatable bonds is 1. The van der Waals surface area contributed by atoms with Crippen molar-refractivity contribution in [2.24, 2.45) is 0 Å². The molecule has 1 aliphatic heterocycles. The average Bonchev–Trinajstić information content (AvgIpc) is 3.87. The summed E-state index contributed by atoms with van der Waals surface area (Å²) in [6.45, 7) is 8.63. The first kappa shape index (κ1) is 31.1. The number of fused-ring (bicyclic) bond motifs is 19. The first-order chi connectivity index (χ1) is 26.3. The van der Waals surface area contributed by atoms with Crippen molar-refractivity contribution >= 4 is 44.1 Å². The van der Waals surface area contributed by atoms with Gasteiger partial charge in [-0.05, 0) is 118 Å². The maximum absolute atomic E-state index is 6.97.